The van der Waals surface area contributed by atoms with Crippen molar-refractivity contribution in [2.24, 2.45) is 5.92 Å². The van der Waals surface area contributed by atoms with Gasteiger partial charge in [0, 0.05) is 28.7 Å². The van der Waals surface area contributed by atoms with Gasteiger partial charge in [0.2, 0.25) is 17.8 Å². The van der Waals surface area contributed by atoms with Crippen LogP contribution < -0.4 is 38.1 Å². The SMILES string of the molecule is COC(=O)[C@H](CCCNC(=O)c1ccc(NC(=O)[C@H](C)NC(=O)[C@@H](NC(=O)OC(C)(C)C)C(C)C)cc1)NC(=O)c1ccc(CCc2ccc3nc(N)nc(N)c3c2)cc1. The molecule has 60 heavy (non-hydrogen) atoms. The highest BCUT2D eigenvalue weighted by Crippen LogP contribution is 2.21. The minimum atomic E-state index is -0.946. The molecule has 0 aliphatic rings. The maximum Gasteiger partial charge on any atom is 0.408 e. The average Bonchev–Trinajstić information content (AvgIpc) is 3.19. The number of anilines is 3. The lowest BCUT2D eigenvalue weighted by atomic mass is 10.0. The Kier molecular flexibility index (Phi) is 15.9. The monoisotopic (exact) mass is 825 g/mol. The van der Waals surface area contributed by atoms with Crippen LogP contribution in [0.3, 0.4) is 0 Å². The number of nitrogens with one attached hydrogen (secondary N) is 5. The number of carbonyl (C=O) groups is 6. The van der Waals surface area contributed by atoms with Crippen molar-refractivity contribution in [2.45, 2.75) is 91.0 Å². The van der Waals surface area contributed by atoms with Crippen LogP contribution in [0.4, 0.5) is 22.2 Å². The lowest BCUT2D eigenvalue weighted by Crippen LogP contribution is -2.54. The zero-order chi connectivity index (χ0) is 44.1. The standard InChI is InChI=1S/C43H55N9O8/c1-24(2)34(51-42(58)60-43(4,5)6)39(56)47-25(3)36(53)48-30-19-17-28(18-20-30)37(54)46-22-8-9-33(40(57)59-7)49-38(55)29-15-12-26(13-16-29)10-11-27-14-21-32-31(23-27)35(44)52-41(45)50-32/h12-21,23-25,33-34H,8-11,22H2,1-7H3,(H,46,54)(H,47,56)(H,48,53)(H,49,55)(H,51,58)(H4,44,45,50,52)/t25-,33-,34-/m0/s1. The molecular weight excluding hydrogens is 771 g/mol. The fraction of sp³-hybridized carbons (Fsp3) is 0.395. The van der Waals surface area contributed by atoms with Crippen LogP contribution in [0.25, 0.3) is 10.9 Å². The van der Waals surface area contributed by atoms with E-state index in [9.17, 15) is 28.8 Å². The number of nitrogens with two attached hydrogens (primary N) is 2. The average molecular weight is 826 g/mol. The van der Waals surface area contributed by atoms with E-state index in [1.807, 2.05) is 30.3 Å². The number of methoxy groups -OCH3 is 1. The molecule has 17 nitrogen and oxygen atoms in total. The van der Waals surface area contributed by atoms with Crippen LogP contribution in [-0.4, -0.2) is 83.0 Å². The van der Waals surface area contributed by atoms with Crippen molar-refractivity contribution < 1.29 is 38.2 Å². The summed E-state index contributed by atoms with van der Waals surface area (Å²) in [5, 5.41) is 14.1. The zero-order valence-electron chi connectivity index (χ0n) is 35.0. The van der Waals surface area contributed by atoms with E-state index in [-0.39, 0.29) is 30.7 Å². The molecule has 0 fully saturated rings. The molecule has 0 bridgehead atoms. The van der Waals surface area contributed by atoms with Gasteiger partial charge in [-0.25, -0.2) is 14.6 Å². The van der Waals surface area contributed by atoms with Crippen molar-refractivity contribution in [3.8, 4) is 0 Å². The molecule has 5 amide bonds. The molecule has 0 unspecified atom stereocenters. The Balaban J connectivity index is 1.21. The molecule has 4 aromatic rings. The van der Waals surface area contributed by atoms with Crippen molar-refractivity contribution in [3.63, 3.8) is 0 Å². The van der Waals surface area contributed by atoms with Crippen molar-refractivity contribution in [1.29, 1.82) is 0 Å². The molecule has 0 aliphatic carbocycles. The van der Waals surface area contributed by atoms with Gasteiger partial charge in [0.25, 0.3) is 11.8 Å². The maximum absolute atomic E-state index is 13.1. The van der Waals surface area contributed by atoms with Gasteiger partial charge in [0.1, 0.15) is 29.5 Å². The largest absolute Gasteiger partial charge is 0.467 e. The Morgan fingerprint density at radius 1 is 0.750 bits per heavy atom. The van der Waals surface area contributed by atoms with Gasteiger partial charge in [-0.15, -0.1) is 0 Å². The first-order valence-corrected chi connectivity index (χ1v) is 19.6. The highest BCUT2D eigenvalue weighted by Gasteiger charge is 2.29. The number of carbonyl (C=O) groups excluding carboxylic acids is 6. The number of alkyl carbamates (subject to hydrolysis) is 1. The number of ether oxygens (including phenoxy) is 2. The lowest BCUT2D eigenvalue weighted by molar-refractivity contribution is -0.143. The van der Waals surface area contributed by atoms with Gasteiger partial charge in [0.15, 0.2) is 0 Å². The highest BCUT2D eigenvalue weighted by atomic mass is 16.6. The van der Waals surface area contributed by atoms with E-state index < -0.39 is 53.5 Å². The molecule has 9 N–H and O–H groups in total. The Bertz CT molecular complexity index is 2170. The molecule has 320 valence electrons. The Morgan fingerprint density at radius 3 is 2.00 bits per heavy atom. The van der Waals surface area contributed by atoms with Crippen molar-refractivity contribution in [1.82, 2.24) is 31.2 Å². The van der Waals surface area contributed by atoms with E-state index in [0.29, 0.717) is 41.0 Å². The third-order valence-electron chi connectivity index (χ3n) is 9.26. The molecule has 0 saturated carbocycles. The molecule has 3 atom stereocenters. The van der Waals surface area contributed by atoms with Crippen molar-refractivity contribution >= 4 is 64.0 Å². The van der Waals surface area contributed by atoms with Gasteiger partial charge in [-0.2, -0.15) is 4.98 Å². The summed E-state index contributed by atoms with van der Waals surface area (Å²) < 4.78 is 10.2. The normalized spacial score (nSPS) is 12.7. The number of hydrogen-bond acceptors (Lipinski definition) is 12. The van der Waals surface area contributed by atoms with Crippen LogP contribution in [0.1, 0.15) is 86.2 Å². The number of benzene rings is 3. The quantitative estimate of drug-likeness (QED) is 0.0588. The molecule has 3 aromatic carbocycles. The van der Waals surface area contributed by atoms with E-state index in [0.717, 1.165) is 22.9 Å². The minimum absolute atomic E-state index is 0.123. The molecule has 17 heteroatoms. The highest BCUT2D eigenvalue weighted by molar-refractivity contribution is 5.99. The van der Waals surface area contributed by atoms with Gasteiger partial charge in [-0.3, -0.25) is 19.2 Å². The number of aryl methyl sites for hydroxylation is 2. The molecule has 0 radical (unpaired) electrons. The van der Waals surface area contributed by atoms with E-state index in [2.05, 4.69) is 36.6 Å². The van der Waals surface area contributed by atoms with Gasteiger partial charge < -0.3 is 47.5 Å². The Morgan fingerprint density at radius 2 is 1.37 bits per heavy atom. The number of nitrogen functional groups attached to an aromatic ring is 2. The van der Waals surface area contributed by atoms with Crippen molar-refractivity contribution in [2.75, 3.05) is 30.4 Å². The van der Waals surface area contributed by atoms with Crippen LogP contribution in [-0.2, 0) is 36.7 Å². The number of nitrogens with zero attached hydrogens (tertiary/aromatic N) is 2. The second-order valence-corrected chi connectivity index (χ2v) is 15.6. The Hall–Kier alpha value is -6.78. The summed E-state index contributed by atoms with van der Waals surface area (Å²) in [4.78, 5) is 84.8. The summed E-state index contributed by atoms with van der Waals surface area (Å²) in [6.45, 7) is 10.4. The van der Waals surface area contributed by atoms with E-state index in [1.165, 1.54) is 26.2 Å². The molecular formula is C43H55N9O8. The van der Waals surface area contributed by atoms with Gasteiger partial charge in [0.05, 0.1) is 12.6 Å². The molecule has 0 saturated heterocycles. The van der Waals surface area contributed by atoms with Crippen molar-refractivity contribution in [3.05, 3.63) is 89.0 Å². The smallest absolute Gasteiger partial charge is 0.408 e. The summed E-state index contributed by atoms with van der Waals surface area (Å²) in [6, 6.07) is 16.2. The first-order chi connectivity index (χ1) is 28.3. The number of rotatable bonds is 17. The second kappa shape index (κ2) is 20.8. The minimum Gasteiger partial charge on any atom is -0.467 e. The zero-order valence-corrected chi connectivity index (χ0v) is 35.0. The lowest BCUT2D eigenvalue weighted by Gasteiger charge is -2.26. The van der Waals surface area contributed by atoms with Gasteiger partial charge in [-0.1, -0.05) is 32.0 Å². The topological polar surface area (TPSA) is 259 Å². The third-order valence-corrected chi connectivity index (χ3v) is 9.26. The van der Waals surface area contributed by atoms with E-state index >= 15 is 0 Å². The van der Waals surface area contributed by atoms with Crippen LogP contribution >= 0.6 is 0 Å². The first kappa shape index (κ1) is 45.9. The predicted molar refractivity (Wildman–Crippen MR) is 228 cm³/mol. The van der Waals surface area contributed by atoms with Gasteiger partial charge in [-0.05, 0) is 119 Å². The molecule has 0 aliphatic heterocycles. The third kappa shape index (κ3) is 13.7. The Labute approximate surface area is 349 Å². The van der Waals surface area contributed by atoms with Crippen LogP contribution in [0, 0.1) is 5.92 Å². The number of amides is 5. The summed E-state index contributed by atoms with van der Waals surface area (Å²) in [5.74, 6) is -2.32. The fourth-order valence-corrected chi connectivity index (χ4v) is 6.02. The van der Waals surface area contributed by atoms with Gasteiger partial charge >= 0.3 is 12.1 Å². The van der Waals surface area contributed by atoms with Crippen LogP contribution in [0.2, 0.25) is 0 Å². The molecule has 1 aromatic heterocycles. The summed E-state index contributed by atoms with van der Waals surface area (Å²) >= 11 is 0. The summed E-state index contributed by atoms with van der Waals surface area (Å²) in [7, 11) is 1.24. The number of fused-ring (bicyclic) bond motifs is 1. The van der Waals surface area contributed by atoms with Crippen LogP contribution in [0.5, 0.6) is 0 Å². The fourth-order valence-electron chi connectivity index (χ4n) is 6.02. The van der Waals surface area contributed by atoms with Crippen LogP contribution in [0.15, 0.2) is 66.7 Å². The summed E-state index contributed by atoms with van der Waals surface area (Å²) in [5.41, 5.74) is 14.8. The van der Waals surface area contributed by atoms with E-state index in [4.69, 9.17) is 20.9 Å². The number of esters is 1. The molecule has 4 rings (SSSR count). The summed E-state index contributed by atoms with van der Waals surface area (Å²) in [6.07, 6.45) is 1.24. The molecule has 1 heterocycles. The predicted octanol–water partition coefficient (Wildman–Crippen LogP) is 4.05. The van der Waals surface area contributed by atoms with E-state index in [1.54, 1.807) is 58.9 Å². The molecule has 0 spiro atoms. The first-order valence-electron chi connectivity index (χ1n) is 19.6. The second-order valence-electron chi connectivity index (χ2n) is 15.6. The number of hydrogen-bond donors (Lipinski definition) is 7. The maximum atomic E-state index is 13.1. The number of aromatic nitrogens is 2.